The first-order chi connectivity index (χ1) is 18.6. The van der Waals surface area contributed by atoms with E-state index >= 15 is 0 Å². The van der Waals surface area contributed by atoms with Crippen LogP contribution in [0.25, 0.3) is 11.1 Å². The lowest BCUT2D eigenvalue weighted by Crippen LogP contribution is -2.43. The van der Waals surface area contributed by atoms with E-state index in [0.29, 0.717) is 44.4 Å². The topological polar surface area (TPSA) is 34.1 Å². The molecule has 0 saturated heterocycles. The summed E-state index contributed by atoms with van der Waals surface area (Å²) in [7, 11) is -3.81. The number of hydrogen-bond donors (Lipinski definition) is 0. The van der Waals surface area contributed by atoms with Gasteiger partial charge in [-0.3, -0.25) is 9.59 Å². The number of rotatable bonds is 6. The summed E-state index contributed by atoms with van der Waals surface area (Å²) in [6.45, 7) is 27.7. The summed E-state index contributed by atoms with van der Waals surface area (Å²) in [5, 5.41) is 0. The predicted octanol–water partition coefficient (Wildman–Crippen LogP) is 9.87. The molecule has 0 aromatic heterocycles. The largest absolute Gasteiger partial charge is 0.285 e. The highest BCUT2D eigenvalue weighted by atomic mass is 28.3. The van der Waals surface area contributed by atoms with Crippen LogP contribution in [0.5, 0.6) is 0 Å². The molecular weight excluding hydrogens is 521 g/mol. The van der Waals surface area contributed by atoms with Crippen LogP contribution in [0.2, 0.25) is 33.2 Å². The molecule has 0 N–H and O–H groups in total. The first kappa shape index (κ1) is 31.9. The van der Waals surface area contributed by atoms with Gasteiger partial charge in [-0.05, 0) is 80.8 Å². The van der Waals surface area contributed by atoms with Crippen LogP contribution in [0.3, 0.4) is 0 Å². The van der Waals surface area contributed by atoms with Gasteiger partial charge in [0.25, 0.3) is 0 Å². The molecule has 0 aliphatic heterocycles. The molecule has 0 unspecified atom stereocenters. The highest BCUT2D eigenvalue weighted by Crippen LogP contribution is 2.42. The molecule has 1 aliphatic carbocycles. The van der Waals surface area contributed by atoms with Crippen LogP contribution in [0.1, 0.15) is 115 Å². The van der Waals surface area contributed by atoms with Crippen LogP contribution < -0.4 is 0 Å². The van der Waals surface area contributed by atoms with Crippen molar-refractivity contribution in [1.82, 2.24) is 0 Å². The van der Waals surface area contributed by atoms with Gasteiger partial charge in [-0.15, -0.1) is 11.1 Å². The van der Waals surface area contributed by atoms with Gasteiger partial charge in [0, 0.05) is 22.3 Å². The van der Waals surface area contributed by atoms with Crippen LogP contribution in [-0.4, -0.2) is 27.7 Å². The smallest absolute Gasteiger partial charge is 0.234 e. The van der Waals surface area contributed by atoms with Gasteiger partial charge in [-0.25, -0.2) is 0 Å². The number of ketones is 2. The Bertz CT molecular complexity index is 1270. The lowest BCUT2D eigenvalue weighted by Gasteiger charge is -2.38. The Morgan fingerprint density at radius 1 is 0.450 bits per heavy atom. The Morgan fingerprint density at radius 2 is 0.725 bits per heavy atom. The standard InChI is InChI=1S/C36H48O2Si2/c1-23(2)39(24(3)4,25(5)6)19-17-29-13-15-31-33(21-29)34-22-30(14-16-32(34)36(38)35(31)37)18-20-40(26(7)8,27(9)10)28(11)12/h13-16,21-28H,1-12H3. The zero-order valence-corrected chi connectivity index (χ0v) is 28.7. The van der Waals surface area contributed by atoms with Crippen molar-refractivity contribution in [2.45, 2.75) is 116 Å². The average Bonchev–Trinajstić information content (AvgIpc) is 2.86. The maximum absolute atomic E-state index is 13.0. The van der Waals surface area contributed by atoms with Crippen molar-refractivity contribution in [3.05, 3.63) is 58.7 Å². The molecule has 4 heteroatoms. The normalized spacial score (nSPS) is 13.6. The average molecular weight is 569 g/mol. The van der Waals surface area contributed by atoms with E-state index in [0.717, 1.165) is 22.3 Å². The van der Waals surface area contributed by atoms with Gasteiger partial charge >= 0.3 is 0 Å². The number of hydrogen-bond acceptors (Lipinski definition) is 2. The molecule has 0 fully saturated rings. The number of fused-ring (bicyclic) bond motifs is 3. The molecule has 0 amide bonds. The molecule has 40 heavy (non-hydrogen) atoms. The fraction of sp³-hybridized carbons (Fsp3) is 0.500. The fourth-order valence-corrected chi connectivity index (χ4v) is 18.0. The van der Waals surface area contributed by atoms with E-state index in [4.69, 9.17) is 0 Å². The monoisotopic (exact) mass is 568 g/mol. The molecule has 0 heterocycles. The third-order valence-electron chi connectivity index (χ3n) is 9.60. The highest BCUT2D eigenvalue weighted by molar-refractivity contribution is 6.91. The van der Waals surface area contributed by atoms with Gasteiger partial charge in [0.05, 0.1) is 0 Å². The Labute approximate surface area is 245 Å². The molecule has 0 atom stereocenters. The summed E-state index contributed by atoms with van der Waals surface area (Å²) < 4.78 is 0. The molecular formula is C36H48O2Si2. The van der Waals surface area contributed by atoms with E-state index < -0.39 is 27.7 Å². The van der Waals surface area contributed by atoms with E-state index in [2.05, 4.69) is 106 Å². The third-order valence-corrected chi connectivity index (χ3v) is 22.2. The molecule has 2 aromatic rings. The van der Waals surface area contributed by atoms with E-state index in [1.165, 1.54) is 0 Å². The minimum absolute atomic E-state index is 0.443. The maximum Gasteiger partial charge on any atom is 0.234 e. The van der Waals surface area contributed by atoms with Crippen LogP contribution in [0, 0.1) is 22.9 Å². The second-order valence-electron chi connectivity index (χ2n) is 13.5. The number of Topliss-reactive ketones (excluding diaryl/α,β-unsaturated/α-hetero) is 2. The molecule has 2 nitrogen and oxygen atoms in total. The zero-order valence-electron chi connectivity index (χ0n) is 26.7. The zero-order chi connectivity index (χ0) is 30.2. The van der Waals surface area contributed by atoms with Gasteiger partial charge in [0.15, 0.2) is 0 Å². The van der Waals surface area contributed by atoms with Crippen molar-refractivity contribution >= 4 is 27.7 Å². The van der Waals surface area contributed by atoms with Gasteiger partial charge in [0.2, 0.25) is 11.6 Å². The molecule has 0 spiro atoms. The molecule has 1 aliphatic rings. The van der Waals surface area contributed by atoms with Crippen molar-refractivity contribution in [3.8, 4) is 34.1 Å². The quantitative estimate of drug-likeness (QED) is 0.197. The first-order valence-electron chi connectivity index (χ1n) is 15.0. The van der Waals surface area contributed by atoms with Gasteiger partial charge < -0.3 is 0 Å². The van der Waals surface area contributed by atoms with E-state index in [9.17, 15) is 9.59 Å². The van der Waals surface area contributed by atoms with Gasteiger partial charge in [0.1, 0.15) is 16.1 Å². The predicted molar refractivity (Wildman–Crippen MR) is 176 cm³/mol. The lowest BCUT2D eigenvalue weighted by molar-refractivity contribution is 0.0815. The van der Waals surface area contributed by atoms with Crippen molar-refractivity contribution in [2.75, 3.05) is 0 Å². The first-order valence-corrected chi connectivity index (χ1v) is 19.5. The Balaban J connectivity index is 2.19. The molecule has 3 rings (SSSR count). The summed E-state index contributed by atoms with van der Waals surface area (Å²) in [6, 6.07) is 11.4. The van der Waals surface area contributed by atoms with Crippen LogP contribution in [0.15, 0.2) is 36.4 Å². The second-order valence-corrected chi connectivity index (χ2v) is 24.6. The summed E-state index contributed by atoms with van der Waals surface area (Å²) in [4.78, 5) is 26.1. The van der Waals surface area contributed by atoms with Crippen LogP contribution >= 0.6 is 0 Å². The summed E-state index contributed by atoms with van der Waals surface area (Å²) in [5.74, 6) is 6.17. The lowest BCUT2D eigenvalue weighted by atomic mass is 9.82. The van der Waals surface area contributed by atoms with Gasteiger partial charge in [-0.2, -0.15) is 0 Å². The van der Waals surface area contributed by atoms with Crippen LogP contribution in [0.4, 0.5) is 0 Å². The van der Waals surface area contributed by atoms with Crippen molar-refractivity contribution < 1.29 is 9.59 Å². The minimum atomic E-state index is -1.90. The number of carbonyl (C=O) groups is 2. The van der Waals surface area contributed by atoms with Crippen LogP contribution in [-0.2, 0) is 0 Å². The second kappa shape index (κ2) is 12.1. The van der Waals surface area contributed by atoms with E-state index in [1.54, 1.807) is 12.1 Å². The SMILES string of the molecule is CC(C)[Si](C#Cc1ccc2c(c1)-c1cc(C#C[Si](C(C)C)(C(C)C)C(C)C)ccc1C(=O)C2=O)(C(C)C)C(C)C. The fourth-order valence-electron chi connectivity index (χ4n) is 7.56. The number of carbonyl (C=O) groups excluding carboxylic acids is 2. The summed E-state index contributed by atoms with van der Waals surface area (Å²) in [6.07, 6.45) is 0. The number of benzene rings is 2. The molecule has 2 aromatic carbocycles. The van der Waals surface area contributed by atoms with Crippen molar-refractivity contribution in [3.63, 3.8) is 0 Å². The summed E-state index contributed by atoms with van der Waals surface area (Å²) >= 11 is 0. The Hall–Kier alpha value is -2.67. The van der Waals surface area contributed by atoms with Crippen molar-refractivity contribution in [1.29, 1.82) is 0 Å². The molecule has 0 radical (unpaired) electrons. The Kier molecular flexibility index (Phi) is 9.60. The van der Waals surface area contributed by atoms with Gasteiger partial charge in [-0.1, -0.05) is 94.9 Å². The maximum atomic E-state index is 13.0. The highest BCUT2D eigenvalue weighted by Gasteiger charge is 2.42. The molecule has 0 bridgehead atoms. The summed E-state index contributed by atoms with van der Waals surface area (Å²) in [5.41, 5.74) is 15.1. The third kappa shape index (κ3) is 5.46. The molecule has 212 valence electrons. The molecule has 0 saturated carbocycles. The van der Waals surface area contributed by atoms with E-state index in [1.807, 2.05) is 24.3 Å². The van der Waals surface area contributed by atoms with Crippen molar-refractivity contribution in [2.24, 2.45) is 0 Å². The van der Waals surface area contributed by atoms with E-state index in [-0.39, 0.29) is 0 Å². The minimum Gasteiger partial charge on any atom is -0.285 e. The Morgan fingerprint density at radius 3 is 0.975 bits per heavy atom.